The number of anilines is 2. The van der Waals surface area contributed by atoms with Crippen LogP contribution in [-0.2, 0) is 25.6 Å². The molecule has 2 aromatic rings. The number of esters is 1. The number of nitrogens with two attached hydrogens (primary N) is 1. The second-order valence-electron chi connectivity index (χ2n) is 6.84. The molecule has 0 saturated heterocycles. The van der Waals surface area contributed by atoms with Crippen LogP contribution in [0.2, 0.25) is 0 Å². The van der Waals surface area contributed by atoms with Gasteiger partial charge < -0.3 is 24.7 Å². The third kappa shape index (κ3) is 7.20. The molecule has 0 fully saturated rings. The Balaban J connectivity index is 2.06. The lowest BCUT2D eigenvalue weighted by Crippen LogP contribution is -2.27. The third-order valence-electron chi connectivity index (χ3n) is 3.23. The maximum atomic E-state index is 12.1. The van der Waals surface area contributed by atoms with Crippen molar-refractivity contribution in [2.75, 3.05) is 24.3 Å². The van der Waals surface area contributed by atoms with Gasteiger partial charge in [0.15, 0.2) is 16.6 Å². The first-order valence-electron chi connectivity index (χ1n) is 9.24. The van der Waals surface area contributed by atoms with E-state index in [2.05, 4.69) is 15.3 Å². The zero-order valence-corrected chi connectivity index (χ0v) is 19.1. The molecule has 2 heterocycles. The fraction of sp³-hybridized carbons (Fsp3) is 0.556. The number of carbonyl (C=O) groups excluding carboxylic acids is 2. The fourth-order valence-electron chi connectivity index (χ4n) is 2.19. The van der Waals surface area contributed by atoms with Gasteiger partial charge in [0, 0.05) is 12.8 Å². The molecule has 0 aliphatic rings. The van der Waals surface area contributed by atoms with Crippen molar-refractivity contribution in [1.82, 2.24) is 9.97 Å². The maximum Gasteiger partial charge on any atom is 0.413 e. The van der Waals surface area contributed by atoms with Crippen LogP contribution in [-0.4, -0.2) is 40.8 Å². The lowest BCUT2D eigenvalue weighted by atomic mass is 10.2. The van der Waals surface area contributed by atoms with Gasteiger partial charge in [0.05, 0.1) is 23.8 Å². The van der Waals surface area contributed by atoms with Crippen molar-refractivity contribution in [1.29, 1.82) is 0 Å². The number of nitrogen functional groups attached to an aromatic ring is 1. The van der Waals surface area contributed by atoms with Crippen LogP contribution in [0.25, 0.3) is 0 Å². The Hall–Kier alpha value is -2.28. The van der Waals surface area contributed by atoms with Gasteiger partial charge in [-0.05, 0) is 34.6 Å². The number of rotatable bonds is 9. The minimum atomic E-state index is -0.764. The Morgan fingerprint density at radius 1 is 1.20 bits per heavy atom. The highest BCUT2D eigenvalue weighted by molar-refractivity contribution is 7.17. The molecule has 0 spiro atoms. The maximum absolute atomic E-state index is 12.1. The fourth-order valence-corrected chi connectivity index (χ4v) is 3.72. The van der Waals surface area contributed by atoms with Gasteiger partial charge in [0.1, 0.15) is 10.5 Å². The number of hydrogen-bond acceptors (Lipinski definition) is 11. The van der Waals surface area contributed by atoms with Gasteiger partial charge in [0.25, 0.3) is 0 Å². The van der Waals surface area contributed by atoms with Crippen LogP contribution in [0.15, 0.2) is 6.20 Å². The van der Waals surface area contributed by atoms with E-state index in [1.165, 1.54) is 11.3 Å². The van der Waals surface area contributed by atoms with Gasteiger partial charge >= 0.3 is 12.1 Å². The van der Waals surface area contributed by atoms with E-state index in [0.717, 1.165) is 11.3 Å². The van der Waals surface area contributed by atoms with Crippen LogP contribution in [0.4, 0.5) is 15.1 Å². The Morgan fingerprint density at radius 2 is 1.93 bits per heavy atom. The number of carbonyl (C=O) groups is 2. The van der Waals surface area contributed by atoms with Gasteiger partial charge in [-0.3, -0.25) is 5.32 Å². The van der Waals surface area contributed by atoms with E-state index in [1.54, 1.807) is 33.9 Å². The molecule has 0 radical (unpaired) electrons. The minimum absolute atomic E-state index is 0.0146. The first kappa shape index (κ1) is 24.0. The van der Waals surface area contributed by atoms with E-state index in [9.17, 15) is 9.59 Å². The predicted octanol–water partition coefficient (Wildman–Crippen LogP) is 3.96. The van der Waals surface area contributed by atoms with Crippen LogP contribution in [0.3, 0.4) is 0 Å². The summed E-state index contributed by atoms with van der Waals surface area (Å²) in [5.41, 5.74) is 5.49. The van der Waals surface area contributed by atoms with Crippen molar-refractivity contribution in [2.45, 2.75) is 53.1 Å². The molecule has 2 rings (SSSR count). The zero-order valence-electron chi connectivity index (χ0n) is 17.5. The average molecular weight is 459 g/mol. The van der Waals surface area contributed by atoms with Crippen molar-refractivity contribution in [2.24, 2.45) is 0 Å². The smallest absolute Gasteiger partial charge is 0.413 e. The second kappa shape index (κ2) is 10.7. The zero-order chi connectivity index (χ0) is 22.3. The lowest BCUT2D eigenvalue weighted by Gasteiger charge is -2.19. The van der Waals surface area contributed by atoms with Crippen LogP contribution in [0.1, 0.15) is 61.2 Å². The Labute approximate surface area is 182 Å². The average Bonchev–Trinajstić information content (AvgIpc) is 3.23. The number of ether oxygens (including phenoxy) is 4. The van der Waals surface area contributed by atoms with Crippen molar-refractivity contribution in [3.8, 4) is 0 Å². The highest BCUT2D eigenvalue weighted by Gasteiger charge is 2.23. The van der Waals surface area contributed by atoms with E-state index < -0.39 is 24.0 Å². The molecule has 10 nitrogen and oxygen atoms in total. The van der Waals surface area contributed by atoms with Crippen molar-refractivity contribution in [3.05, 3.63) is 21.6 Å². The van der Waals surface area contributed by atoms with E-state index in [0.29, 0.717) is 27.2 Å². The molecule has 3 N–H and O–H groups in total. The summed E-state index contributed by atoms with van der Waals surface area (Å²) < 4.78 is 21.7. The van der Waals surface area contributed by atoms with Gasteiger partial charge in [-0.1, -0.05) is 22.7 Å². The Morgan fingerprint density at radius 3 is 2.57 bits per heavy atom. The normalized spacial score (nSPS) is 12.4. The molecule has 12 heteroatoms. The van der Waals surface area contributed by atoms with Crippen LogP contribution in [0.5, 0.6) is 0 Å². The first-order valence-corrected chi connectivity index (χ1v) is 10.9. The van der Waals surface area contributed by atoms with Crippen LogP contribution in [0, 0.1) is 0 Å². The van der Waals surface area contributed by atoms with Gasteiger partial charge in [-0.25, -0.2) is 19.6 Å². The summed E-state index contributed by atoms with van der Waals surface area (Å²) in [4.78, 5) is 33.2. The first-order chi connectivity index (χ1) is 14.1. The molecule has 0 aliphatic carbocycles. The van der Waals surface area contributed by atoms with E-state index in [1.807, 2.05) is 6.92 Å². The quantitative estimate of drug-likeness (QED) is 0.423. The second-order valence-corrected chi connectivity index (χ2v) is 8.93. The predicted molar refractivity (Wildman–Crippen MR) is 114 cm³/mol. The topological polar surface area (TPSA) is 135 Å². The van der Waals surface area contributed by atoms with Gasteiger partial charge in [-0.15, -0.1) is 0 Å². The molecule has 2 aromatic heterocycles. The number of amides is 1. The standard InChI is InChI=1S/C18H26N4O6S2/c1-6-25-13(23)12-10(21-15(19)30-12)9-27-14(26-7-2)11-8-20-16(29-11)22-17(24)28-18(3,4)5/h8,14H,6-7,9H2,1-5H3,(H2,19,21)(H,20,22,24). The number of hydrogen-bond donors (Lipinski definition) is 2. The number of nitrogens with zero attached hydrogens (tertiary/aromatic N) is 2. The molecule has 166 valence electrons. The third-order valence-corrected chi connectivity index (χ3v) is 5.07. The number of thiazole rings is 2. The summed E-state index contributed by atoms with van der Waals surface area (Å²) >= 11 is 2.23. The van der Waals surface area contributed by atoms with E-state index in [4.69, 9.17) is 24.7 Å². The Kier molecular flexibility index (Phi) is 8.53. The molecule has 1 amide bonds. The molecule has 1 unspecified atom stereocenters. The summed E-state index contributed by atoms with van der Waals surface area (Å²) in [5.74, 6) is -0.500. The summed E-state index contributed by atoms with van der Waals surface area (Å²) in [5, 5.41) is 3.16. The summed E-state index contributed by atoms with van der Waals surface area (Å²) in [6.07, 6.45) is 0.174. The summed E-state index contributed by atoms with van der Waals surface area (Å²) in [6.45, 7) is 9.46. The summed E-state index contributed by atoms with van der Waals surface area (Å²) in [7, 11) is 0. The molecular weight excluding hydrogens is 432 g/mol. The van der Waals surface area contributed by atoms with Crippen molar-refractivity contribution in [3.63, 3.8) is 0 Å². The molecular formula is C18H26N4O6S2. The van der Waals surface area contributed by atoms with Gasteiger partial charge in [-0.2, -0.15) is 0 Å². The van der Waals surface area contributed by atoms with Crippen LogP contribution < -0.4 is 11.1 Å². The number of aromatic nitrogens is 2. The van der Waals surface area contributed by atoms with Crippen molar-refractivity contribution >= 4 is 45.0 Å². The number of nitrogens with one attached hydrogen (secondary N) is 1. The van der Waals surface area contributed by atoms with Gasteiger partial charge in [0.2, 0.25) is 0 Å². The van der Waals surface area contributed by atoms with Crippen molar-refractivity contribution < 1.29 is 28.5 Å². The highest BCUT2D eigenvalue weighted by atomic mass is 32.1. The molecule has 0 aromatic carbocycles. The molecule has 0 bridgehead atoms. The SMILES string of the molecule is CCOC(=O)c1sc(N)nc1COC(OCC)c1cnc(NC(=O)OC(C)(C)C)s1. The highest BCUT2D eigenvalue weighted by Crippen LogP contribution is 2.30. The van der Waals surface area contributed by atoms with E-state index >= 15 is 0 Å². The molecule has 1 atom stereocenters. The Bertz CT molecular complexity index is 861. The molecule has 0 aliphatic heterocycles. The minimum Gasteiger partial charge on any atom is -0.462 e. The molecule has 0 saturated carbocycles. The van der Waals surface area contributed by atoms with Crippen LogP contribution >= 0.6 is 22.7 Å². The van der Waals surface area contributed by atoms with E-state index in [-0.39, 0.29) is 18.3 Å². The molecule has 30 heavy (non-hydrogen) atoms. The monoisotopic (exact) mass is 458 g/mol. The largest absolute Gasteiger partial charge is 0.462 e. The summed E-state index contributed by atoms with van der Waals surface area (Å²) in [6, 6.07) is 0. The lowest BCUT2D eigenvalue weighted by molar-refractivity contribution is -0.149.